The van der Waals surface area contributed by atoms with Crippen molar-refractivity contribution in [2.75, 3.05) is 26.1 Å². The summed E-state index contributed by atoms with van der Waals surface area (Å²) in [7, 11) is 1.67. The van der Waals surface area contributed by atoms with Crippen LogP contribution in [0.4, 0.5) is 0 Å². The van der Waals surface area contributed by atoms with Gasteiger partial charge in [0, 0.05) is 19.0 Å². The lowest BCUT2D eigenvalue weighted by Gasteiger charge is -2.19. The number of ether oxygens (including phenoxy) is 1. The fourth-order valence-electron chi connectivity index (χ4n) is 1.53. The molecular formula is C12H17BrClNO. The monoisotopic (exact) mass is 305 g/mol. The predicted octanol–water partition coefficient (Wildman–Crippen LogP) is 3.52. The summed E-state index contributed by atoms with van der Waals surface area (Å²) in [4.78, 5) is 2.31. The van der Waals surface area contributed by atoms with Gasteiger partial charge < -0.3 is 4.74 Å². The predicted molar refractivity (Wildman–Crippen MR) is 72.4 cm³/mol. The van der Waals surface area contributed by atoms with Crippen molar-refractivity contribution in [3.8, 4) is 5.75 Å². The second-order valence-electron chi connectivity index (χ2n) is 3.53. The Balaban J connectivity index is 2.69. The summed E-state index contributed by atoms with van der Waals surface area (Å²) in [5.74, 6) is 1.54. The maximum absolute atomic E-state index is 5.75. The molecule has 4 heteroatoms. The third kappa shape index (κ3) is 3.96. The minimum Gasteiger partial charge on any atom is -0.496 e. The topological polar surface area (TPSA) is 12.5 Å². The van der Waals surface area contributed by atoms with Gasteiger partial charge in [-0.2, -0.15) is 0 Å². The van der Waals surface area contributed by atoms with Crippen LogP contribution < -0.4 is 4.74 Å². The molecule has 2 nitrogen and oxygen atoms in total. The van der Waals surface area contributed by atoms with Gasteiger partial charge in [0.05, 0.1) is 11.6 Å². The molecule has 0 spiro atoms. The molecule has 0 saturated carbocycles. The Labute approximate surface area is 111 Å². The van der Waals surface area contributed by atoms with Gasteiger partial charge in [-0.3, -0.25) is 4.90 Å². The summed E-state index contributed by atoms with van der Waals surface area (Å²) in [5, 5.41) is 0. The van der Waals surface area contributed by atoms with Gasteiger partial charge >= 0.3 is 0 Å². The smallest absolute Gasteiger partial charge is 0.133 e. The number of nitrogens with zero attached hydrogens (tertiary/aromatic N) is 1. The Kier molecular flexibility index (Phi) is 6.17. The summed E-state index contributed by atoms with van der Waals surface area (Å²) in [6.07, 6.45) is 0. The van der Waals surface area contributed by atoms with Gasteiger partial charge in [0.2, 0.25) is 0 Å². The number of hydrogen-bond donors (Lipinski definition) is 0. The van der Waals surface area contributed by atoms with Crippen molar-refractivity contribution >= 4 is 27.5 Å². The Hall–Kier alpha value is -0.250. The molecule has 0 heterocycles. The molecule has 0 aliphatic carbocycles. The minimum absolute atomic E-state index is 0.672. The molecule has 1 aromatic rings. The van der Waals surface area contributed by atoms with Crippen molar-refractivity contribution < 1.29 is 4.74 Å². The molecule has 0 amide bonds. The maximum atomic E-state index is 5.75. The normalized spacial score (nSPS) is 10.8. The number of alkyl halides is 1. The van der Waals surface area contributed by atoms with Gasteiger partial charge in [-0.1, -0.05) is 13.0 Å². The molecule has 0 fully saturated rings. The van der Waals surface area contributed by atoms with Gasteiger partial charge in [-0.05, 0) is 40.2 Å². The average molecular weight is 307 g/mol. The van der Waals surface area contributed by atoms with Crippen molar-refractivity contribution in [2.45, 2.75) is 13.5 Å². The highest BCUT2D eigenvalue weighted by molar-refractivity contribution is 9.10. The van der Waals surface area contributed by atoms with Crippen molar-refractivity contribution in [2.24, 2.45) is 0 Å². The third-order valence-electron chi connectivity index (χ3n) is 2.47. The Morgan fingerprint density at radius 1 is 1.44 bits per heavy atom. The van der Waals surface area contributed by atoms with E-state index in [1.54, 1.807) is 7.11 Å². The molecule has 1 aromatic carbocycles. The quantitative estimate of drug-likeness (QED) is 0.746. The molecule has 0 aliphatic heterocycles. The lowest BCUT2D eigenvalue weighted by molar-refractivity contribution is 0.297. The fraction of sp³-hybridized carbons (Fsp3) is 0.500. The highest BCUT2D eigenvalue weighted by Crippen LogP contribution is 2.25. The zero-order valence-corrected chi connectivity index (χ0v) is 12.0. The van der Waals surface area contributed by atoms with Crippen LogP contribution in [0.2, 0.25) is 0 Å². The van der Waals surface area contributed by atoms with E-state index in [4.69, 9.17) is 16.3 Å². The maximum Gasteiger partial charge on any atom is 0.133 e. The van der Waals surface area contributed by atoms with Gasteiger partial charge in [0.1, 0.15) is 5.75 Å². The Morgan fingerprint density at radius 3 is 2.69 bits per heavy atom. The van der Waals surface area contributed by atoms with E-state index in [2.05, 4.69) is 39.9 Å². The van der Waals surface area contributed by atoms with E-state index in [0.29, 0.717) is 5.88 Å². The molecule has 0 atom stereocenters. The first-order valence-corrected chi connectivity index (χ1v) is 6.64. The van der Waals surface area contributed by atoms with Crippen LogP contribution in [0, 0.1) is 0 Å². The van der Waals surface area contributed by atoms with Crippen LogP contribution in [-0.2, 0) is 6.54 Å². The number of halogens is 2. The summed E-state index contributed by atoms with van der Waals surface area (Å²) in [6, 6.07) is 6.16. The van der Waals surface area contributed by atoms with E-state index >= 15 is 0 Å². The fourth-order valence-corrected chi connectivity index (χ4v) is 2.36. The molecule has 16 heavy (non-hydrogen) atoms. The second-order valence-corrected chi connectivity index (χ2v) is 4.76. The Morgan fingerprint density at radius 2 is 2.19 bits per heavy atom. The zero-order valence-electron chi connectivity index (χ0n) is 9.67. The standard InChI is InChI=1S/C12H17BrClNO/c1-3-15(7-6-14)9-10-4-5-12(16-2)11(13)8-10/h4-5,8H,3,6-7,9H2,1-2H3. The number of methoxy groups -OCH3 is 1. The SMILES string of the molecule is CCN(CCCl)Cc1ccc(OC)c(Br)c1. The Bertz CT molecular complexity index is 333. The lowest BCUT2D eigenvalue weighted by Crippen LogP contribution is -2.24. The molecule has 1 rings (SSSR count). The highest BCUT2D eigenvalue weighted by atomic mass is 79.9. The first-order chi connectivity index (χ1) is 7.71. The lowest BCUT2D eigenvalue weighted by atomic mass is 10.2. The first kappa shape index (κ1) is 13.8. The van der Waals surface area contributed by atoms with E-state index in [1.165, 1.54) is 5.56 Å². The number of rotatable bonds is 6. The zero-order chi connectivity index (χ0) is 12.0. The largest absolute Gasteiger partial charge is 0.496 e. The van der Waals surface area contributed by atoms with Gasteiger partial charge in [0.25, 0.3) is 0 Å². The molecule has 0 radical (unpaired) electrons. The first-order valence-electron chi connectivity index (χ1n) is 5.32. The van der Waals surface area contributed by atoms with Crippen molar-refractivity contribution in [1.29, 1.82) is 0 Å². The van der Waals surface area contributed by atoms with Crippen molar-refractivity contribution in [3.05, 3.63) is 28.2 Å². The third-order valence-corrected chi connectivity index (χ3v) is 3.26. The summed E-state index contributed by atoms with van der Waals surface area (Å²) in [5.41, 5.74) is 1.26. The van der Waals surface area contributed by atoms with Crippen molar-refractivity contribution in [1.82, 2.24) is 4.90 Å². The molecule has 90 valence electrons. The van der Waals surface area contributed by atoms with Gasteiger partial charge in [-0.25, -0.2) is 0 Å². The highest BCUT2D eigenvalue weighted by Gasteiger charge is 2.05. The second kappa shape index (κ2) is 7.15. The van der Waals surface area contributed by atoms with E-state index in [-0.39, 0.29) is 0 Å². The van der Waals surface area contributed by atoms with Crippen LogP contribution in [0.5, 0.6) is 5.75 Å². The van der Waals surface area contributed by atoms with E-state index in [0.717, 1.165) is 29.9 Å². The molecule has 0 aromatic heterocycles. The van der Waals surface area contributed by atoms with Crippen LogP contribution in [0.15, 0.2) is 22.7 Å². The van der Waals surface area contributed by atoms with E-state index in [9.17, 15) is 0 Å². The molecular weight excluding hydrogens is 289 g/mol. The van der Waals surface area contributed by atoms with Crippen LogP contribution in [-0.4, -0.2) is 31.0 Å². The minimum atomic E-state index is 0.672. The molecule has 0 bridgehead atoms. The summed E-state index contributed by atoms with van der Waals surface area (Å²) < 4.78 is 6.19. The summed E-state index contributed by atoms with van der Waals surface area (Å²) >= 11 is 9.24. The van der Waals surface area contributed by atoms with Gasteiger partial charge in [-0.15, -0.1) is 11.6 Å². The number of hydrogen-bond acceptors (Lipinski definition) is 2. The van der Waals surface area contributed by atoms with Crippen LogP contribution in [0.25, 0.3) is 0 Å². The van der Waals surface area contributed by atoms with Crippen molar-refractivity contribution in [3.63, 3.8) is 0 Å². The molecule has 0 unspecified atom stereocenters. The van der Waals surface area contributed by atoms with Crippen LogP contribution >= 0.6 is 27.5 Å². The molecule has 0 N–H and O–H groups in total. The average Bonchev–Trinajstić information content (AvgIpc) is 2.28. The van der Waals surface area contributed by atoms with Gasteiger partial charge in [0.15, 0.2) is 0 Å². The molecule has 0 aliphatic rings. The number of benzene rings is 1. The summed E-state index contributed by atoms with van der Waals surface area (Å²) in [6.45, 7) is 5.00. The molecule has 0 saturated heterocycles. The van der Waals surface area contributed by atoms with E-state index < -0.39 is 0 Å². The van der Waals surface area contributed by atoms with Crippen LogP contribution in [0.3, 0.4) is 0 Å². The van der Waals surface area contributed by atoms with Crippen LogP contribution in [0.1, 0.15) is 12.5 Å². The van der Waals surface area contributed by atoms with E-state index in [1.807, 2.05) is 6.07 Å².